The van der Waals surface area contributed by atoms with Crippen molar-refractivity contribution in [3.05, 3.63) is 39.8 Å². The zero-order valence-electron chi connectivity index (χ0n) is 17.0. The van der Waals surface area contributed by atoms with Gasteiger partial charge in [0.15, 0.2) is 5.65 Å². The van der Waals surface area contributed by atoms with E-state index in [1.165, 1.54) is 0 Å². The van der Waals surface area contributed by atoms with Gasteiger partial charge in [0, 0.05) is 42.9 Å². The summed E-state index contributed by atoms with van der Waals surface area (Å²) in [6.07, 6.45) is 4.35. The number of likely N-dealkylation sites (N-methyl/N-ethyl adjacent to an activating group) is 1. The SMILES string of the molecule is Cc1nc2ccnn2c(NC2CCc3nn(CCN(C)C)c(=O)n3CC2)c1C. The maximum Gasteiger partial charge on any atom is 0.345 e. The van der Waals surface area contributed by atoms with Gasteiger partial charge in [-0.3, -0.25) is 4.57 Å². The van der Waals surface area contributed by atoms with E-state index >= 15 is 0 Å². The molecule has 4 heterocycles. The Bertz CT molecular complexity index is 1040. The van der Waals surface area contributed by atoms with Crippen molar-refractivity contribution < 1.29 is 0 Å². The molecular formula is C19H28N8O. The lowest BCUT2D eigenvalue weighted by Gasteiger charge is -2.20. The highest BCUT2D eigenvalue weighted by Gasteiger charge is 2.22. The van der Waals surface area contributed by atoms with Crippen molar-refractivity contribution in [3.8, 4) is 0 Å². The fourth-order valence-corrected chi connectivity index (χ4v) is 3.71. The van der Waals surface area contributed by atoms with Crippen LogP contribution in [0.2, 0.25) is 0 Å². The van der Waals surface area contributed by atoms with Crippen LogP contribution in [0.1, 0.15) is 29.9 Å². The van der Waals surface area contributed by atoms with Gasteiger partial charge in [0.2, 0.25) is 0 Å². The molecule has 150 valence electrons. The third-order valence-electron chi connectivity index (χ3n) is 5.53. The third kappa shape index (κ3) is 3.42. The highest BCUT2D eigenvalue weighted by atomic mass is 16.2. The molecular weight excluding hydrogens is 356 g/mol. The van der Waals surface area contributed by atoms with E-state index < -0.39 is 0 Å². The van der Waals surface area contributed by atoms with E-state index in [1.54, 1.807) is 10.9 Å². The number of fused-ring (bicyclic) bond motifs is 2. The molecule has 0 saturated heterocycles. The van der Waals surface area contributed by atoms with Crippen molar-refractivity contribution >= 4 is 11.5 Å². The summed E-state index contributed by atoms with van der Waals surface area (Å²) >= 11 is 0. The van der Waals surface area contributed by atoms with Crippen LogP contribution in [-0.4, -0.2) is 60.5 Å². The van der Waals surface area contributed by atoms with Gasteiger partial charge in [0.25, 0.3) is 0 Å². The molecule has 3 aromatic rings. The molecule has 1 N–H and O–H groups in total. The summed E-state index contributed by atoms with van der Waals surface area (Å²) in [5.41, 5.74) is 2.95. The summed E-state index contributed by atoms with van der Waals surface area (Å²) in [4.78, 5) is 19.3. The van der Waals surface area contributed by atoms with Gasteiger partial charge in [-0.2, -0.15) is 14.7 Å². The van der Waals surface area contributed by atoms with Gasteiger partial charge < -0.3 is 10.2 Å². The maximum atomic E-state index is 12.7. The summed E-state index contributed by atoms with van der Waals surface area (Å²) < 4.78 is 5.30. The van der Waals surface area contributed by atoms with Crippen molar-refractivity contribution in [2.45, 2.75) is 52.2 Å². The summed E-state index contributed by atoms with van der Waals surface area (Å²) in [5.74, 6) is 1.88. The Balaban J connectivity index is 1.52. The van der Waals surface area contributed by atoms with Crippen molar-refractivity contribution in [1.29, 1.82) is 0 Å². The molecule has 0 amide bonds. The second kappa shape index (κ2) is 7.38. The Morgan fingerprint density at radius 3 is 2.89 bits per heavy atom. The second-order valence-corrected chi connectivity index (χ2v) is 7.82. The number of aryl methyl sites for hydroxylation is 2. The summed E-state index contributed by atoms with van der Waals surface area (Å²) in [6.45, 7) is 6.20. The van der Waals surface area contributed by atoms with Crippen LogP contribution in [0, 0.1) is 13.8 Å². The van der Waals surface area contributed by atoms with Crippen LogP contribution in [0.3, 0.4) is 0 Å². The molecule has 0 fully saturated rings. The molecule has 3 aromatic heterocycles. The van der Waals surface area contributed by atoms with Crippen LogP contribution in [0.25, 0.3) is 5.65 Å². The molecule has 1 unspecified atom stereocenters. The van der Waals surface area contributed by atoms with Gasteiger partial charge >= 0.3 is 5.69 Å². The average molecular weight is 384 g/mol. The van der Waals surface area contributed by atoms with Gasteiger partial charge in [-0.25, -0.2) is 14.5 Å². The minimum Gasteiger partial charge on any atom is -0.367 e. The van der Waals surface area contributed by atoms with Crippen molar-refractivity contribution in [1.82, 2.24) is 33.8 Å². The topological polar surface area (TPSA) is 85.3 Å². The van der Waals surface area contributed by atoms with Gasteiger partial charge in [0.05, 0.1) is 12.7 Å². The third-order valence-corrected chi connectivity index (χ3v) is 5.53. The molecule has 9 nitrogen and oxygen atoms in total. The van der Waals surface area contributed by atoms with E-state index in [4.69, 9.17) is 0 Å². The van der Waals surface area contributed by atoms with E-state index in [0.717, 1.165) is 54.4 Å². The molecule has 0 aliphatic carbocycles. The monoisotopic (exact) mass is 384 g/mol. The highest BCUT2D eigenvalue weighted by Crippen LogP contribution is 2.22. The Hall–Kier alpha value is -2.68. The van der Waals surface area contributed by atoms with E-state index in [1.807, 2.05) is 36.2 Å². The molecule has 4 rings (SSSR count). The lowest BCUT2D eigenvalue weighted by atomic mass is 10.1. The number of nitrogens with zero attached hydrogens (tertiary/aromatic N) is 7. The van der Waals surface area contributed by atoms with E-state index in [0.29, 0.717) is 13.1 Å². The summed E-state index contributed by atoms with van der Waals surface area (Å²) in [6, 6.07) is 2.17. The lowest BCUT2D eigenvalue weighted by Crippen LogP contribution is -2.30. The molecule has 1 aliphatic rings. The second-order valence-electron chi connectivity index (χ2n) is 7.82. The standard InChI is InChI=1S/C19H28N8O/c1-13-14(2)21-16-7-9-20-27(16)18(13)22-15-5-6-17-23-26(12-11-24(3)4)19(28)25(17)10-8-15/h7,9,15,22H,5-6,8,10-12H2,1-4H3. The first kappa shape index (κ1) is 18.7. The zero-order valence-corrected chi connectivity index (χ0v) is 17.0. The zero-order chi connectivity index (χ0) is 19.8. The predicted octanol–water partition coefficient (Wildman–Crippen LogP) is 1.08. The molecule has 0 saturated carbocycles. The molecule has 1 aliphatic heterocycles. The molecule has 9 heteroatoms. The van der Waals surface area contributed by atoms with Gasteiger partial charge in [0.1, 0.15) is 11.6 Å². The summed E-state index contributed by atoms with van der Waals surface area (Å²) in [7, 11) is 4.00. The van der Waals surface area contributed by atoms with Crippen LogP contribution in [0.5, 0.6) is 0 Å². The predicted molar refractivity (Wildman–Crippen MR) is 108 cm³/mol. The first-order chi connectivity index (χ1) is 13.4. The van der Waals surface area contributed by atoms with Crippen LogP contribution in [0.4, 0.5) is 5.82 Å². The summed E-state index contributed by atoms with van der Waals surface area (Å²) in [5, 5.41) is 12.7. The fourth-order valence-electron chi connectivity index (χ4n) is 3.71. The van der Waals surface area contributed by atoms with Gasteiger partial charge in [-0.15, -0.1) is 0 Å². The largest absolute Gasteiger partial charge is 0.367 e. The van der Waals surface area contributed by atoms with Crippen LogP contribution in [-0.2, 0) is 19.5 Å². The van der Waals surface area contributed by atoms with E-state index in [2.05, 4.69) is 32.3 Å². The Morgan fingerprint density at radius 2 is 2.11 bits per heavy atom. The maximum absolute atomic E-state index is 12.7. The first-order valence-electron chi connectivity index (χ1n) is 9.83. The van der Waals surface area contributed by atoms with Crippen LogP contribution < -0.4 is 11.0 Å². The van der Waals surface area contributed by atoms with Crippen molar-refractivity contribution in [2.75, 3.05) is 26.0 Å². The molecule has 28 heavy (non-hydrogen) atoms. The van der Waals surface area contributed by atoms with Crippen LogP contribution in [0.15, 0.2) is 17.1 Å². The minimum atomic E-state index is 0.00269. The lowest BCUT2D eigenvalue weighted by molar-refractivity contribution is 0.367. The number of rotatable bonds is 5. The Morgan fingerprint density at radius 1 is 1.29 bits per heavy atom. The molecule has 0 radical (unpaired) electrons. The normalized spacial score (nSPS) is 17.1. The number of hydrogen-bond acceptors (Lipinski definition) is 6. The Kier molecular flexibility index (Phi) is 4.92. The Labute approximate surface area is 164 Å². The molecule has 0 spiro atoms. The van der Waals surface area contributed by atoms with Gasteiger partial charge in [-0.05, 0) is 40.8 Å². The number of anilines is 1. The van der Waals surface area contributed by atoms with E-state index in [9.17, 15) is 4.79 Å². The first-order valence-corrected chi connectivity index (χ1v) is 9.83. The number of aromatic nitrogens is 6. The van der Waals surface area contributed by atoms with Gasteiger partial charge in [-0.1, -0.05) is 0 Å². The minimum absolute atomic E-state index is 0.00269. The molecule has 0 aromatic carbocycles. The van der Waals surface area contributed by atoms with Crippen molar-refractivity contribution in [2.24, 2.45) is 0 Å². The molecule has 0 bridgehead atoms. The quantitative estimate of drug-likeness (QED) is 0.709. The average Bonchev–Trinajstić information content (AvgIpc) is 3.17. The number of nitrogens with one attached hydrogen (secondary N) is 1. The number of hydrogen-bond donors (Lipinski definition) is 1. The van der Waals surface area contributed by atoms with Crippen molar-refractivity contribution in [3.63, 3.8) is 0 Å². The highest BCUT2D eigenvalue weighted by molar-refractivity contribution is 5.55. The van der Waals surface area contributed by atoms with Crippen LogP contribution >= 0.6 is 0 Å². The smallest absolute Gasteiger partial charge is 0.345 e. The fraction of sp³-hybridized carbons (Fsp3) is 0.579. The van der Waals surface area contributed by atoms with E-state index in [-0.39, 0.29) is 11.7 Å². The molecule has 1 atom stereocenters.